The molecule has 0 saturated carbocycles. The van der Waals surface area contributed by atoms with Crippen LogP contribution in [0.25, 0.3) is 0 Å². The van der Waals surface area contributed by atoms with Gasteiger partial charge in [-0.3, -0.25) is 14.9 Å². The molecule has 9 heteroatoms. The van der Waals surface area contributed by atoms with Gasteiger partial charge in [-0.25, -0.2) is 4.39 Å². The molecule has 3 aliphatic heterocycles. The Morgan fingerprint density at radius 3 is 2.69 bits per heavy atom. The van der Waals surface area contributed by atoms with Gasteiger partial charge in [0.1, 0.15) is 17.3 Å². The zero-order valence-electron chi connectivity index (χ0n) is 17.2. The second kappa shape index (κ2) is 7.70. The van der Waals surface area contributed by atoms with Crippen LogP contribution in [0.5, 0.6) is 0 Å². The number of nitrogens with one attached hydrogen (secondary N) is 2. The van der Waals surface area contributed by atoms with E-state index < -0.39 is 34.7 Å². The Kier molecular flexibility index (Phi) is 5.21. The molecular weight excluding hydrogens is 458 g/mol. The standard InChI is InChI=1S/C23H21Cl2FN2O4/c1-31-20(29)19-17(13-3-2-4-15(25)18(13)26)23(22(28-19)7-9-32-10-8-22)14-6-5-12(24)11-16(14)27-21(23)30/h2-6,11,17,19,28H,7-10H2,1H3,(H,27,30)/t17-,19+,23+/m0/s1. The summed E-state index contributed by atoms with van der Waals surface area (Å²) in [5.74, 6) is -2.46. The number of esters is 1. The fourth-order valence-electron chi connectivity index (χ4n) is 5.89. The van der Waals surface area contributed by atoms with Crippen LogP contribution in [-0.4, -0.2) is 43.8 Å². The van der Waals surface area contributed by atoms with Crippen LogP contribution >= 0.6 is 23.2 Å². The first-order valence-corrected chi connectivity index (χ1v) is 11.1. The van der Waals surface area contributed by atoms with Gasteiger partial charge in [0.2, 0.25) is 5.91 Å². The topological polar surface area (TPSA) is 76.7 Å². The first kappa shape index (κ1) is 21.6. The third kappa shape index (κ3) is 2.78. The zero-order valence-corrected chi connectivity index (χ0v) is 18.7. The molecule has 2 saturated heterocycles. The van der Waals surface area contributed by atoms with Gasteiger partial charge in [-0.2, -0.15) is 0 Å². The second-order valence-corrected chi connectivity index (χ2v) is 9.26. The van der Waals surface area contributed by atoms with Gasteiger partial charge in [0.15, 0.2) is 0 Å². The Balaban J connectivity index is 1.85. The van der Waals surface area contributed by atoms with E-state index in [-0.39, 0.29) is 16.5 Å². The zero-order chi connectivity index (χ0) is 22.7. The van der Waals surface area contributed by atoms with Crippen LogP contribution in [0.1, 0.15) is 29.9 Å². The van der Waals surface area contributed by atoms with Gasteiger partial charge in [-0.1, -0.05) is 41.4 Å². The van der Waals surface area contributed by atoms with Crippen LogP contribution in [0, 0.1) is 5.82 Å². The molecule has 6 nitrogen and oxygen atoms in total. The van der Waals surface area contributed by atoms with E-state index in [2.05, 4.69) is 10.6 Å². The van der Waals surface area contributed by atoms with Gasteiger partial charge >= 0.3 is 5.97 Å². The lowest BCUT2D eigenvalue weighted by molar-refractivity contribution is -0.143. The third-order valence-electron chi connectivity index (χ3n) is 7.12. The highest BCUT2D eigenvalue weighted by molar-refractivity contribution is 6.31. The maximum Gasteiger partial charge on any atom is 0.323 e. The predicted octanol–water partition coefficient (Wildman–Crippen LogP) is 3.80. The van der Waals surface area contributed by atoms with Crippen molar-refractivity contribution in [1.29, 1.82) is 0 Å². The summed E-state index contributed by atoms with van der Waals surface area (Å²) in [7, 11) is 1.28. The van der Waals surface area contributed by atoms with Crippen LogP contribution in [0.2, 0.25) is 10.0 Å². The molecule has 3 aliphatic rings. The predicted molar refractivity (Wildman–Crippen MR) is 118 cm³/mol. The van der Waals surface area contributed by atoms with E-state index in [1.807, 2.05) is 0 Å². The monoisotopic (exact) mass is 478 g/mol. The van der Waals surface area contributed by atoms with E-state index in [0.29, 0.717) is 42.3 Å². The van der Waals surface area contributed by atoms with E-state index >= 15 is 4.39 Å². The Labute approximate surface area is 194 Å². The molecule has 5 rings (SSSR count). The van der Waals surface area contributed by atoms with E-state index in [1.54, 1.807) is 30.3 Å². The van der Waals surface area contributed by atoms with Crippen molar-refractivity contribution in [3.05, 3.63) is 63.4 Å². The lowest BCUT2D eigenvalue weighted by Gasteiger charge is -2.46. The highest BCUT2D eigenvalue weighted by Gasteiger charge is 2.72. The summed E-state index contributed by atoms with van der Waals surface area (Å²) >= 11 is 12.3. The molecule has 0 aliphatic carbocycles. The summed E-state index contributed by atoms with van der Waals surface area (Å²) in [5, 5.41) is 6.74. The number of methoxy groups -OCH3 is 1. The van der Waals surface area contributed by atoms with E-state index in [4.69, 9.17) is 32.7 Å². The number of hydrogen-bond donors (Lipinski definition) is 2. The molecule has 0 radical (unpaired) electrons. The van der Waals surface area contributed by atoms with Crippen LogP contribution in [0.4, 0.5) is 10.1 Å². The van der Waals surface area contributed by atoms with Crippen LogP contribution in [0.15, 0.2) is 36.4 Å². The Hall–Kier alpha value is -2.19. The van der Waals surface area contributed by atoms with E-state index in [0.717, 1.165) is 0 Å². The number of carbonyl (C=O) groups excluding carboxylic acids is 2. The van der Waals surface area contributed by atoms with Gasteiger partial charge in [0.25, 0.3) is 0 Å². The highest BCUT2D eigenvalue weighted by Crippen LogP contribution is 2.61. The van der Waals surface area contributed by atoms with E-state index in [9.17, 15) is 9.59 Å². The lowest BCUT2D eigenvalue weighted by Crippen LogP contribution is -2.61. The number of carbonyl (C=O) groups is 2. The van der Waals surface area contributed by atoms with Crippen LogP contribution in [-0.2, 0) is 24.5 Å². The number of fused-ring (bicyclic) bond motifs is 3. The van der Waals surface area contributed by atoms with Crippen LogP contribution in [0.3, 0.4) is 0 Å². The number of benzene rings is 2. The molecule has 0 aromatic heterocycles. The molecule has 2 spiro atoms. The number of anilines is 1. The number of amides is 1. The Morgan fingerprint density at radius 2 is 1.97 bits per heavy atom. The van der Waals surface area contributed by atoms with Crippen molar-refractivity contribution in [2.24, 2.45) is 0 Å². The quantitative estimate of drug-likeness (QED) is 0.641. The molecule has 2 N–H and O–H groups in total. The number of ether oxygens (including phenoxy) is 2. The largest absolute Gasteiger partial charge is 0.468 e. The van der Waals surface area contributed by atoms with Gasteiger partial charge in [-0.05, 0) is 42.2 Å². The fourth-order valence-corrected chi connectivity index (χ4v) is 6.24. The normalized spacial score (nSPS) is 28.1. The van der Waals surface area contributed by atoms with Gasteiger partial charge in [0.05, 0.1) is 12.1 Å². The number of rotatable bonds is 2. The minimum Gasteiger partial charge on any atom is -0.468 e. The van der Waals surface area contributed by atoms with Crippen molar-refractivity contribution in [3.8, 4) is 0 Å². The van der Waals surface area contributed by atoms with Crippen molar-refractivity contribution in [2.75, 3.05) is 25.6 Å². The van der Waals surface area contributed by atoms with Crippen molar-refractivity contribution in [2.45, 2.75) is 35.8 Å². The summed E-state index contributed by atoms with van der Waals surface area (Å²) in [6.45, 7) is 0.785. The molecule has 168 valence electrons. The average molecular weight is 479 g/mol. The van der Waals surface area contributed by atoms with Crippen LogP contribution < -0.4 is 10.6 Å². The molecule has 32 heavy (non-hydrogen) atoms. The molecule has 2 fully saturated rings. The molecule has 1 amide bonds. The fraction of sp³-hybridized carbons (Fsp3) is 0.391. The second-order valence-electron chi connectivity index (χ2n) is 8.41. The van der Waals surface area contributed by atoms with Crippen molar-refractivity contribution < 1.29 is 23.5 Å². The summed E-state index contributed by atoms with van der Waals surface area (Å²) in [6.07, 6.45) is 0.906. The SMILES string of the molecule is COC(=O)[C@@H]1NC2(CCOCC2)[C@@]2(C(=O)Nc3cc(Cl)ccc32)[C@H]1c1cccc(Cl)c1F. The average Bonchev–Trinajstić information content (AvgIpc) is 3.23. The van der Waals surface area contributed by atoms with Gasteiger partial charge < -0.3 is 14.8 Å². The number of hydrogen-bond acceptors (Lipinski definition) is 5. The molecule has 0 unspecified atom stereocenters. The molecular formula is C23H21Cl2FN2O4. The maximum atomic E-state index is 15.5. The van der Waals surface area contributed by atoms with E-state index in [1.165, 1.54) is 13.2 Å². The molecule has 3 heterocycles. The first-order chi connectivity index (χ1) is 15.4. The van der Waals surface area contributed by atoms with Gasteiger partial charge in [-0.15, -0.1) is 0 Å². The maximum absolute atomic E-state index is 15.5. The third-order valence-corrected chi connectivity index (χ3v) is 7.64. The minimum atomic E-state index is -1.30. The van der Waals surface area contributed by atoms with Crippen molar-refractivity contribution in [1.82, 2.24) is 5.32 Å². The Bertz CT molecular complexity index is 1120. The molecule has 2 aromatic carbocycles. The smallest absolute Gasteiger partial charge is 0.323 e. The highest BCUT2D eigenvalue weighted by atomic mass is 35.5. The lowest BCUT2D eigenvalue weighted by atomic mass is 9.57. The molecule has 3 atom stereocenters. The minimum absolute atomic E-state index is 0.0797. The van der Waals surface area contributed by atoms with Gasteiger partial charge in [0, 0.05) is 35.4 Å². The van der Waals surface area contributed by atoms with Crippen molar-refractivity contribution in [3.63, 3.8) is 0 Å². The molecule has 0 bridgehead atoms. The number of halogens is 3. The summed E-state index contributed by atoms with van der Waals surface area (Å²) in [6, 6.07) is 8.81. The summed E-state index contributed by atoms with van der Waals surface area (Å²) in [4.78, 5) is 26.9. The molecule has 2 aromatic rings. The Morgan fingerprint density at radius 1 is 1.22 bits per heavy atom. The van der Waals surface area contributed by atoms with Crippen molar-refractivity contribution >= 4 is 40.8 Å². The summed E-state index contributed by atoms with van der Waals surface area (Å²) in [5.41, 5.74) is -0.778. The first-order valence-electron chi connectivity index (χ1n) is 10.3. The summed E-state index contributed by atoms with van der Waals surface area (Å²) < 4.78 is 26.2.